The van der Waals surface area contributed by atoms with Crippen LogP contribution in [0.2, 0.25) is 0 Å². The van der Waals surface area contributed by atoms with E-state index in [0.717, 1.165) is 5.56 Å². The highest BCUT2D eigenvalue weighted by atomic mass is 16.5. The third kappa shape index (κ3) is 4.35. The Hall–Kier alpha value is -2.80. The SMILES string of the molecule is CC(C)Oc1ccc(C(=O)OCc2cccc(C#N)c2)cc1. The van der Waals surface area contributed by atoms with Crippen molar-refractivity contribution < 1.29 is 14.3 Å². The van der Waals surface area contributed by atoms with Crippen molar-refractivity contribution in [3.05, 3.63) is 65.2 Å². The lowest BCUT2D eigenvalue weighted by molar-refractivity contribution is 0.0472. The summed E-state index contributed by atoms with van der Waals surface area (Å²) in [5.74, 6) is 0.312. The molecule has 2 aromatic rings. The van der Waals surface area contributed by atoms with E-state index in [1.165, 1.54) is 0 Å². The third-order valence-corrected chi connectivity index (χ3v) is 2.89. The standard InChI is InChI=1S/C18H17NO3/c1-13(2)22-17-8-6-16(7-9-17)18(20)21-12-15-5-3-4-14(10-15)11-19/h3-10,13H,12H2,1-2H3. The second kappa shape index (κ2) is 7.28. The molecule has 0 amide bonds. The Labute approximate surface area is 129 Å². The molecule has 112 valence electrons. The van der Waals surface area contributed by atoms with Crippen molar-refractivity contribution in [2.24, 2.45) is 0 Å². The van der Waals surface area contributed by atoms with Gasteiger partial charge in [0.25, 0.3) is 0 Å². The van der Waals surface area contributed by atoms with Crippen molar-refractivity contribution in [1.29, 1.82) is 5.26 Å². The van der Waals surface area contributed by atoms with Crippen LogP contribution in [0.5, 0.6) is 5.75 Å². The van der Waals surface area contributed by atoms with Crippen LogP contribution in [0.25, 0.3) is 0 Å². The molecule has 0 N–H and O–H groups in total. The normalized spacial score (nSPS) is 10.1. The summed E-state index contributed by atoms with van der Waals surface area (Å²) in [6, 6.07) is 15.9. The zero-order chi connectivity index (χ0) is 15.9. The highest BCUT2D eigenvalue weighted by Gasteiger charge is 2.08. The first-order chi connectivity index (χ1) is 10.6. The van der Waals surface area contributed by atoms with Gasteiger partial charge in [-0.2, -0.15) is 5.26 Å². The first-order valence-corrected chi connectivity index (χ1v) is 7.01. The van der Waals surface area contributed by atoms with E-state index in [2.05, 4.69) is 6.07 Å². The molecule has 2 aromatic carbocycles. The van der Waals surface area contributed by atoms with Crippen LogP contribution in [-0.2, 0) is 11.3 Å². The van der Waals surface area contributed by atoms with Crippen molar-refractivity contribution >= 4 is 5.97 Å². The van der Waals surface area contributed by atoms with Gasteiger partial charge in [-0.05, 0) is 55.8 Å². The maximum Gasteiger partial charge on any atom is 0.338 e. The Morgan fingerprint density at radius 3 is 2.55 bits per heavy atom. The minimum atomic E-state index is -0.404. The summed E-state index contributed by atoms with van der Waals surface area (Å²) in [6.07, 6.45) is 0.0882. The fourth-order valence-electron chi connectivity index (χ4n) is 1.90. The summed E-state index contributed by atoms with van der Waals surface area (Å²) < 4.78 is 10.8. The van der Waals surface area contributed by atoms with Crippen LogP contribution < -0.4 is 4.74 Å². The molecule has 0 spiro atoms. The van der Waals surface area contributed by atoms with Gasteiger partial charge >= 0.3 is 5.97 Å². The Balaban J connectivity index is 1.96. The molecule has 0 fully saturated rings. The van der Waals surface area contributed by atoms with Crippen molar-refractivity contribution in [2.45, 2.75) is 26.6 Å². The molecule has 0 aromatic heterocycles. The molecule has 22 heavy (non-hydrogen) atoms. The van der Waals surface area contributed by atoms with Crippen LogP contribution in [0, 0.1) is 11.3 Å². The van der Waals surface area contributed by atoms with Gasteiger partial charge in [0.15, 0.2) is 0 Å². The lowest BCUT2D eigenvalue weighted by Crippen LogP contribution is -2.07. The zero-order valence-corrected chi connectivity index (χ0v) is 12.6. The number of rotatable bonds is 5. The van der Waals surface area contributed by atoms with E-state index in [0.29, 0.717) is 16.9 Å². The van der Waals surface area contributed by atoms with Gasteiger partial charge < -0.3 is 9.47 Å². The average molecular weight is 295 g/mol. The van der Waals surface area contributed by atoms with Crippen molar-refractivity contribution in [3.63, 3.8) is 0 Å². The molecule has 0 bridgehead atoms. The topological polar surface area (TPSA) is 59.3 Å². The molecule has 0 radical (unpaired) electrons. The monoisotopic (exact) mass is 295 g/mol. The summed E-state index contributed by atoms with van der Waals surface area (Å²) >= 11 is 0. The van der Waals surface area contributed by atoms with E-state index in [-0.39, 0.29) is 12.7 Å². The molecule has 0 unspecified atom stereocenters. The Kier molecular flexibility index (Phi) is 5.16. The van der Waals surface area contributed by atoms with Crippen LogP contribution >= 0.6 is 0 Å². The minimum absolute atomic E-state index is 0.0882. The summed E-state index contributed by atoms with van der Waals surface area (Å²) in [6.45, 7) is 4.02. The van der Waals surface area contributed by atoms with Crippen LogP contribution in [0.3, 0.4) is 0 Å². The number of hydrogen-bond acceptors (Lipinski definition) is 4. The highest BCUT2D eigenvalue weighted by molar-refractivity contribution is 5.89. The lowest BCUT2D eigenvalue weighted by Gasteiger charge is -2.10. The zero-order valence-electron chi connectivity index (χ0n) is 12.6. The molecule has 0 heterocycles. The fourth-order valence-corrected chi connectivity index (χ4v) is 1.90. The second-order valence-corrected chi connectivity index (χ2v) is 5.08. The molecular weight excluding hydrogens is 278 g/mol. The predicted octanol–water partition coefficient (Wildman–Crippen LogP) is 3.70. The van der Waals surface area contributed by atoms with Gasteiger partial charge in [0.2, 0.25) is 0 Å². The molecular formula is C18H17NO3. The molecule has 0 saturated heterocycles. The number of ether oxygens (including phenoxy) is 2. The van der Waals surface area contributed by atoms with Crippen LogP contribution in [0.1, 0.15) is 35.3 Å². The molecule has 0 aliphatic heterocycles. The largest absolute Gasteiger partial charge is 0.491 e. The van der Waals surface area contributed by atoms with Gasteiger partial charge in [-0.25, -0.2) is 4.79 Å². The summed E-state index contributed by atoms with van der Waals surface area (Å²) in [7, 11) is 0. The van der Waals surface area contributed by atoms with Crippen molar-refractivity contribution in [2.75, 3.05) is 0 Å². The van der Waals surface area contributed by atoms with Crippen LogP contribution in [-0.4, -0.2) is 12.1 Å². The number of nitrogens with zero attached hydrogens (tertiary/aromatic N) is 1. The maximum absolute atomic E-state index is 12.0. The van der Waals surface area contributed by atoms with Gasteiger partial charge in [0, 0.05) is 0 Å². The molecule has 4 heteroatoms. The molecule has 4 nitrogen and oxygen atoms in total. The highest BCUT2D eigenvalue weighted by Crippen LogP contribution is 2.15. The second-order valence-electron chi connectivity index (χ2n) is 5.08. The van der Waals surface area contributed by atoms with E-state index in [4.69, 9.17) is 14.7 Å². The maximum atomic E-state index is 12.0. The lowest BCUT2D eigenvalue weighted by atomic mass is 10.1. The van der Waals surface area contributed by atoms with E-state index in [1.54, 1.807) is 42.5 Å². The first kappa shape index (κ1) is 15.6. The third-order valence-electron chi connectivity index (χ3n) is 2.89. The van der Waals surface area contributed by atoms with Gasteiger partial charge in [-0.1, -0.05) is 12.1 Å². The number of esters is 1. The van der Waals surface area contributed by atoms with Gasteiger partial charge in [0.1, 0.15) is 12.4 Å². The van der Waals surface area contributed by atoms with Gasteiger partial charge in [-0.15, -0.1) is 0 Å². The quantitative estimate of drug-likeness (QED) is 0.789. The molecule has 0 aliphatic carbocycles. The summed E-state index contributed by atoms with van der Waals surface area (Å²) in [5, 5.41) is 8.84. The van der Waals surface area contributed by atoms with Gasteiger partial charge in [0.05, 0.1) is 23.3 Å². The fraction of sp³-hybridized carbons (Fsp3) is 0.222. The van der Waals surface area contributed by atoms with E-state index < -0.39 is 5.97 Å². The van der Waals surface area contributed by atoms with E-state index >= 15 is 0 Å². The van der Waals surface area contributed by atoms with E-state index in [1.807, 2.05) is 19.9 Å². The number of nitriles is 1. The van der Waals surface area contributed by atoms with Crippen LogP contribution in [0.15, 0.2) is 48.5 Å². The van der Waals surface area contributed by atoms with E-state index in [9.17, 15) is 4.79 Å². The molecule has 2 rings (SSSR count). The Bertz CT molecular complexity index is 684. The first-order valence-electron chi connectivity index (χ1n) is 7.01. The number of hydrogen-bond donors (Lipinski definition) is 0. The molecule has 0 atom stereocenters. The smallest absolute Gasteiger partial charge is 0.338 e. The number of carbonyl (C=O) groups is 1. The summed E-state index contributed by atoms with van der Waals surface area (Å²) in [5.41, 5.74) is 1.79. The van der Waals surface area contributed by atoms with Crippen molar-refractivity contribution in [3.8, 4) is 11.8 Å². The van der Waals surface area contributed by atoms with Crippen molar-refractivity contribution in [1.82, 2.24) is 0 Å². The Morgan fingerprint density at radius 2 is 1.91 bits per heavy atom. The molecule has 0 saturated carbocycles. The molecule has 0 aliphatic rings. The Morgan fingerprint density at radius 1 is 1.18 bits per heavy atom. The number of benzene rings is 2. The average Bonchev–Trinajstić information content (AvgIpc) is 2.53. The van der Waals surface area contributed by atoms with Crippen LogP contribution in [0.4, 0.5) is 0 Å². The predicted molar refractivity (Wildman–Crippen MR) is 82.5 cm³/mol. The number of carbonyl (C=O) groups excluding carboxylic acids is 1. The minimum Gasteiger partial charge on any atom is -0.491 e. The van der Waals surface area contributed by atoms with Gasteiger partial charge in [-0.3, -0.25) is 0 Å². The summed E-state index contributed by atoms with van der Waals surface area (Å²) in [4.78, 5) is 12.0.